The minimum atomic E-state index is -1.04. The summed E-state index contributed by atoms with van der Waals surface area (Å²) in [5, 5.41) is 9.71. The van der Waals surface area contributed by atoms with Crippen LogP contribution in [0.25, 0.3) is 22.6 Å². The fourth-order valence-electron chi connectivity index (χ4n) is 2.05. The van der Waals surface area contributed by atoms with Crippen molar-refractivity contribution in [2.75, 3.05) is 0 Å². The molecule has 0 amide bonds. The zero-order valence-corrected chi connectivity index (χ0v) is 11.3. The van der Waals surface area contributed by atoms with Crippen LogP contribution in [-0.4, -0.2) is 16.1 Å². The Hall–Kier alpha value is -2.33. The molecule has 0 aliphatic carbocycles. The zero-order valence-electron chi connectivity index (χ0n) is 10.6. The van der Waals surface area contributed by atoms with Crippen molar-refractivity contribution in [3.8, 4) is 11.5 Å². The molecule has 1 aromatic heterocycles. The highest BCUT2D eigenvalue weighted by molar-refractivity contribution is 6.33. The maximum absolute atomic E-state index is 11.2. The molecule has 3 rings (SSSR count). The molecule has 1 N–H and O–H groups in total. The van der Waals surface area contributed by atoms with Gasteiger partial charge in [0.25, 0.3) is 0 Å². The first kappa shape index (κ1) is 12.7. The molecular formula is C15H10ClNO3. The maximum atomic E-state index is 11.2. The first-order valence-electron chi connectivity index (χ1n) is 5.96. The third-order valence-electron chi connectivity index (χ3n) is 3.07. The summed E-state index contributed by atoms with van der Waals surface area (Å²) in [6.07, 6.45) is 0. The molecule has 0 aliphatic rings. The second-order valence-corrected chi connectivity index (χ2v) is 4.79. The van der Waals surface area contributed by atoms with E-state index in [1.807, 2.05) is 19.1 Å². The molecular weight excluding hydrogens is 278 g/mol. The number of fused-ring (bicyclic) bond motifs is 1. The van der Waals surface area contributed by atoms with Gasteiger partial charge in [-0.2, -0.15) is 0 Å². The molecule has 0 bridgehead atoms. The minimum absolute atomic E-state index is 0.112. The molecule has 0 spiro atoms. The Balaban J connectivity index is 2.26. The summed E-state index contributed by atoms with van der Waals surface area (Å²) in [5.74, 6) is -0.715. The number of aryl methyl sites for hydroxylation is 1. The van der Waals surface area contributed by atoms with Gasteiger partial charge in [0.15, 0.2) is 5.58 Å². The summed E-state index contributed by atoms with van der Waals surface area (Å²) in [6.45, 7) is 1.89. The quantitative estimate of drug-likeness (QED) is 0.769. The Bertz CT molecular complexity index is 823. The summed E-state index contributed by atoms with van der Waals surface area (Å²) in [5.41, 5.74) is 2.43. The number of aromatic nitrogens is 1. The van der Waals surface area contributed by atoms with E-state index in [9.17, 15) is 4.79 Å². The van der Waals surface area contributed by atoms with Crippen LogP contribution in [0.15, 0.2) is 40.8 Å². The number of carboxylic acids is 1. The van der Waals surface area contributed by atoms with Crippen molar-refractivity contribution in [1.82, 2.24) is 4.98 Å². The van der Waals surface area contributed by atoms with E-state index in [0.717, 1.165) is 5.56 Å². The van der Waals surface area contributed by atoms with E-state index in [4.69, 9.17) is 21.1 Å². The molecule has 0 aliphatic heterocycles. The van der Waals surface area contributed by atoms with Crippen LogP contribution in [-0.2, 0) is 0 Å². The Morgan fingerprint density at radius 2 is 2.00 bits per heavy atom. The van der Waals surface area contributed by atoms with E-state index in [2.05, 4.69) is 4.98 Å². The molecule has 0 unspecified atom stereocenters. The molecule has 0 atom stereocenters. The molecule has 20 heavy (non-hydrogen) atoms. The average molecular weight is 288 g/mol. The van der Waals surface area contributed by atoms with Crippen molar-refractivity contribution >= 4 is 28.7 Å². The predicted molar refractivity (Wildman–Crippen MR) is 76.2 cm³/mol. The number of hydrogen-bond acceptors (Lipinski definition) is 3. The van der Waals surface area contributed by atoms with Crippen LogP contribution in [0, 0.1) is 6.92 Å². The van der Waals surface area contributed by atoms with Crippen LogP contribution in [0.1, 0.15) is 15.9 Å². The summed E-state index contributed by atoms with van der Waals surface area (Å²) in [6, 6.07) is 10.3. The van der Waals surface area contributed by atoms with Gasteiger partial charge in [-0.1, -0.05) is 29.8 Å². The van der Waals surface area contributed by atoms with E-state index < -0.39 is 5.97 Å². The van der Waals surface area contributed by atoms with Gasteiger partial charge in [-0.25, -0.2) is 9.78 Å². The number of halogens is 1. The molecule has 0 radical (unpaired) electrons. The number of oxazole rings is 1. The Morgan fingerprint density at radius 3 is 2.75 bits per heavy atom. The van der Waals surface area contributed by atoms with Crippen molar-refractivity contribution in [1.29, 1.82) is 0 Å². The Kier molecular flexibility index (Phi) is 2.95. The first-order chi connectivity index (χ1) is 9.58. The number of para-hydroxylation sites is 1. The van der Waals surface area contributed by atoms with Gasteiger partial charge in [0.05, 0.1) is 16.1 Å². The number of carbonyl (C=O) groups is 1. The summed E-state index contributed by atoms with van der Waals surface area (Å²) in [7, 11) is 0. The number of rotatable bonds is 2. The van der Waals surface area contributed by atoms with Gasteiger partial charge in [-0.15, -0.1) is 0 Å². The molecule has 3 aromatic rings. The van der Waals surface area contributed by atoms with Crippen LogP contribution < -0.4 is 0 Å². The second kappa shape index (κ2) is 4.65. The number of carboxylic acid groups (broad SMARTS) is 1. The lowest BCUT2D eigenvalue weighted by molar-refractivity contribution is 0.0699. The van der Waals surface area contributed by atoms with Crippen LogP contribution in [0.4, 0.5) is 0 Å². The molecule has 100 valence electrons. The van der Waals surface area contributed by atoms with Gasteiger partial charge in [0, 0.05) is 0 Å². The van der Waals surface area contributed by atoms with Gasteiger partial charge >= 0.3 is 5.97 Å². The fourth-order valence-corrected chi connectivity index (χ4v) is 2.26. The molecule has 4 nitrogen and oxygen atoms in total. The molecule has 0 saturated heterocycles. The van der Waals surface area contributed by atoms with Crippen molar-refractivity contribution < 1.29 is 14.3 Å². The van der Waals surface area contributed by atoms with Gasteiger partial charge < -0.3 is 9.52 Å². The lowest BCUT2D eigenvalue weighted by Crippen LogP contribution is -1.96. The van der Waals surface area contributed by atoms with Crippen LogP contribution >= 0.6 is 11.6 Å². The SMILES string of the molecule is Cc1cccc(-c2nc3c(C(=O)O)cccc3o2)c1Cl. The lowest BCUT2D eigenvalue weighted by Gasteiger charge is -2.01. The molecule has 0 fully saturated rings. The Labute approximate surface area is 119 Å². The number of hydrogen-bond donors (Lipinski definition) is 1. The Morgan fingerprint density at radius 1 is 1.25 bits per heavy atom. The van der Waals surface area contributed by atoms with Crippen molar-refractivity contribution in [2.24, 2.45) is 0 Å². The molecule has 0 saturated carbocycles. The van der Waals surface area contributed by atoms with Crippen LogP contribution in [0.5, 0.6) is 0 Å². The van der Waals surface area contributed by atoms with Crippen LogP contribution in [0.2, 0.25) is 5.02 Å². The van der Waals surface area contributed by atoms with Gasteiger partial charge in [-0.05, 0) is 30.7 Å². The van der Waals surface area contributed by atoms with Gasteiger partial charge in [0.1, 0.15) is 5.52 Å². The van der Waals surface area contributed by atoms with Crippen molar-refractivity contribution in [2.45, 2.75) is 6.92 Å². The smallest absolute Gasteiger partial charge is 0.338 e. The predicted octanol–water partition coefficient (Wildman–Crippen LogP) is 4.15. The lowest BCUT2D eigenvalue weighted by atomic mass is 10.1. The van der Waals surface area contributed by atoms with E-state index in [-0.39, 0.29) is 5.56 Å². The van der Waals surface area contributed by atoms with E-state index in [1.54, 1.807) is 18.2 Å². The largest absolute Gasteiger partial charge is 0.478 e. The van der Waals surface area contributed by atoms with Crippen molar-refractivity contribution in [3.63, 3.8) is 0 Å². The zero-order chi connectivity index (χ0) is 14.3. The van der Waals surface area contributed by atoms with Crippen molar-refractivity contribution in [3.05, 3.63) is 52.5 Å². The highest BCUT2D eigenvalue weighted by Gasteiger charge is 2.17. The van der Waals surface area contributed by atoms with Gasteiger partial charge in [0.2, 0.25) is 5.89 Å². The maximum Gasteiger partial charge on any atom is 0.338 e. The average Bonchev–Trinajstić information content (AvgIpc) is 2.84. The standard InChI is InChI=1S/C15H10ClNO3/c1-8-4-2-5-9(12(8)16)14-17-13-10(15(18)19)6-3-7-11(13)20-14/h2-7H,1H3,(H,18,19). The second-order valence-electron chi connectivity index (χ2n) is 4.41. The summed E-state index contributed by atoms with van der Waals surface area (Å²) >= 11 is 6.24. The van der Waals surface area contributed by atoms with E-state index in [0.29, 0.717) is 27.6 Å². The third kappa shape index (κ3) is 1.94. The number of aromatic carboxylic acids is 1. The number of nitrogens with zero attached hydrogens (tertiary/aromatic N) is 1. The molecule has 5 heteroatoms. The van der Waals surface area contributed by atoms with E-state index >= 15 is 0 Å². The summed E-state index contributed by atoms with van der Waals surface area (Å²) < 4.78 is 5.62. The highest BCUT2D eigenvalue weighted by Crippen LogP contribution is 2.32. The van der Waals surface area contributed by atoms with Crippen LogP contribution in [0.3, 0.4) is 0 Å². The third-order valence-corrected chi connectivity index (χ3v) is 3.57. The number of benzene rings is 2. The normalized spacial score (nSPS) is 10.9. The highest BCUT2D eigenvalue weighted by atomic mass is 35.5. The fraction of sp³-hybridized carbons (Fsp3) is 0.0667. The topological polar surface area (TPSA) is 63.3 Å². The molecule has 1 heterocycles. The summed E-state index contributed by atoms with van der Waals surface area (Å²) in [4.78, 5) is 15.4. The molecule has 2 aromatic carbocycles. The monoisotopic (exact) mass is 287 g/mol. The first-order valence-corrected chi connectivity index (χ1v) is 6.34. The van der Waals surface area contributed by atoms with E-state index in [1.165, 1.54) is 6.07 Å². The van der Waals surface area contributed by atoms with Gasteiger partial charge in [-0.3, -0.25) is 0 Å². The minimum Gasteiger partial charge on any atom is -0.478 e.